The minimum Gasteiger partial charge on any atom is -0.349 e. The molecular weight excluding hydrogens is 414 g/mol. The SMILES string of the molecule is Cc1ncnc(C)c1C(=O)N1CC2CN(CCC(NC(=O)C3CC3)c3ccccc3)C[C@H]2C1. The standard InChI is InChI=1S/C26H33N5O2/c1-17-24(18(2)28-16-27-17)26(33)31-14-21-12-30(13-22(21)15-31)11-10-23(19-6-4-3-5-7-19)29-25(32)20-8-9-20/h3-7,16,20-23H,8-15H2,1-2H3,(H,29,32)/t21-,22?,23?/m0/s1. The summed E-state index contributed by atoms with van der Waals surface area (Å²) in [6, 6.07) is 10.4. The highest BCUT2D eigenvalue weighted by Crippen LogP contribution is 2.34. The van der Waals surface area contributed by atoms with Crippen molar-refractivity contribution in [2.45, 2.75) is 39.2 Å². The molecule has 2 amide bonds. The number of hydrogen-bond donors (Lipinski definition) is 1. The van der Waals surface area contributed by atoms with Gasteiger partial charge in [-0.15, -0.1) is 0 Å². The van der Waals surface area contributed by atoms with Gasteiger partial charge in [0.15, 0.2) is 0 Å². The largest absolute Gasteiger partial charge is 0.349 e. The van der Waals surface area contributed by atoms with Gasteiger partial charge in [-0.05, 0) is 50.5 Å². The van der Waals surface area contributed by atoms with Crippen molar-refractivity contribution < 1.29 is 9.59 Å². The second-order valence-electron chi connectivity index (χ2n) is 9.94. The molecule has 174 valence electrons. The fourth-order valence-corrected chi connectivity index (χ4v) is 5.45. The predicted octanol–water partition coefficient (Wildman–Crippen LogP) is 2.75. The van der Waals surface area contributed by atoms with Crippen molar-refractivity contribution in [2.24, 2.45) is 17.8 Å². The molecule has 2 aliphatic heterocycles. The van der Waals surface area contributed by atoms with E-state index in [1.54, 1.807) is 0 Å². The van der Waals surface area contributed by atoms with E-state index in [-0.39, 0.29) is 23.8 Å². The fraction of sp³-hybridized carbons (Fsp3) is 0.538. The monoisotopic (exact) mass is 447 g/mol. The smallest absolute Gasteiger partial charge is 0.257 e. The maximum absolute atomic E-state index is 13.1. The van der Waals surface area contributed by atoms with Gasteiger partial charge in [-0.25, -0.2) is 9.97 Å². The summed E-state index contributed by atoms with van der Waals surface area (Å²) in [5.41, 5.74) is 3.35. The molecule has 33 heavy (non-hydrogen) atoms. The zero-order valence-corrected chi connectivity index (χ0v) is 19.5. The summed E-state index contributed by atoms with van der Waals surface area (Å²) in [4.78, 5) is 38.5. The van der Waals surface area contributed by atoms with Crippen LogP contribution in [-0.2, 0) is 4.79 Å². The van der Waals surface area contributed by atoms with Gasteiger partial charge in [0.1, 0.15) is 6.33 Å². The molecule has 3 aliphatic rings. The Labute approximate surface area is 195 Å². The molecule has 1 aromatic heterocycles. The molecule has 0 bridgehead atoms. The second kappa shape index (κ2) is 9.21. The lowest BCUT2D eigenvalue weighted by Crippen LogP contribution is -2.36. The van der Waals surface area contributed by atoms with E-state index in [0.29, 0.717) is 17.4 Å². The van der Waals surface area contributed by atoms with Gasteiger partial charge in [-0.1, -0.05) is 30.3 Å². The summed E-state index contributed by atoms with van der Waals surface area (Å²) in [5.74, 6) is 1.50. The normalized spacial score (nSPS) is 23.4. The van der Waals surface area contributed by atoms with Crippen molar-refractivity contribution in [2.75, 3.05) is 32.7 Å². The zero-order valence-electron chi connectivity index (χ0n) is 19.5. The third-order valence-electron chi connectivity index (χ3n) is 7.49. The Morgan fingerprint density at radius 2 is 1.64 bits per heavy atom. The third-order valence-corrected chi connectivity index (χ3v) is 7.49. The Balaban J connectivity index is 1.17. The van der Waals surface area contributed by atoms with Crippen LogP contribution in [0.5, 0.6) is 0 Å². The van der Waals surface area contributed by atoms with Crippen LogP contribution in [0.25, 0.3) is 0 Å². The zero-order chi connectivity index (χ0) is 22.9. The van der Waals surface area contributed by atoms with Crippen LogP contribution in [0.1, 0.15) is 52.6 Å². The van der Waals surface area contributed by atoms with E-state index in [1.165, 1.54) is 11.9 Å². The molecule has 3 heterocycles. The molecular formula is C26H33N5O2. The van der Waals surface area contributed by atoms with Crippen molar-refractivity contribution >= 4 is 11.8 Å². The summed E-state index contributed by atoms with van der Waals surface area (Å²) < 4.78 is 0. The van der Waals surface area contributed by atoms with Crippen molar-refractivity contribution in [1.29, 1.82) is 0 Å². The summed E-state index contributed by atoms with van der Waals surface area (Å²) in [6.07, 6.45) is 4.47. The average molecular weight is 448 g/mol. The average Bonchev–Trinajstić information content (AvgIpc) is 3.48. The first-order chi connectivity index (χ1) is 16.0. The van der Waals surface area contributed by atoms with Crippen LogP contribution in [0.4, 0.5) is 0 Å². The summed E-state index contributed by atoms with van der Waals surface area (Å²) >= 11 is 0. The molecule has 0 spiro atoms. The van der Waals surface area contributed by atoms with Gasteiger partial charge in [0, 0.05) is 38.6 Å². The minimum atomic E-state index is 0.0573. The van der Waals surface area contributed by atoms with Gasteiger partial charge in [0.25, 0.3) is 5.91 Å². The number of hydrogen-bond acceptors (Lipinski definition) is 5. The van der Waals surface area contributed by atoms with E-state index in [2.05, 4.69) is 32.3 Å². The molecule has 3 fully saturated rings. The van der Waals surface area contributed by atoms with Crippen molar-refractivity contribution in [1.82, 2.24) is 25.1 Å². The number of benzene rings is 1. The summed E-state index contributed by atoms with van der Waals surface area (Å²) in [5, 5.41) is 3.29. The Kier molecular flexibility index (Phi) is 6.15. The lowest BCUT2D eigenvalue weighted by molar-refractivity contribution is -0.123. The summed E-state index contributed by atoms with van der Waals surface area (Å²) in [7, 11) is 0. The Morgan fingerprint density at radius 3 is 2.24 bits per heavy atom. The maximum Gasteiger partial charge on any atom is 0.257 e. The molecule has 7 nitrogen and oxygen atoms in total. The second-order valence-corrected chi connectivity index (χ2v) is 9.94. The number of likely N-dealkylation sites (tertiary alicyclic amines) is 2. The number of nitrogens with zero attached hydrogens (tertiary/aromatic N) is 4. The van der Waals surface area contributed by atoms with Gasteiger partial charge in [0.05, 0.1) is 23.0 Å². The highest BCUT2D eigenvalue weighted by atomic mass is 16.2. The first kappa shape index (κ1) is 22.0. The number of fused-ring (bicyclic) bond motifs is 1. The predicted molar refractivity (Wildman–Crippen MR) is 125 cm³/mol. The quantitative estimate of drug-likeness (QED) is 0.706. The van der Waals surface area contributed by atoms with Crippen LogP contribution in [-0.4, -0.2) is 64.3 Å². The Hall–Kier alpha value is -2.80. The molecule has 0 radical (unpaired) electrons. The highest BCUT2D eigenvalue weighted by molar-refractivity contribution is 5.96. The van der Waals surface area contributed by atoms with Crippen molar-refractivity contribution in [3.63, 3.8) is 0 Å². The molecule has 3 atom stereocenters. The van der Waals surface area contributed by atoms with Crippen LogP contribution in [0.3, 0.4) is 0 Å². The maximum atomic E-state index is 13.1. The summed E-state index contributed by atoms with van der Waals surface area (Å²) in [6.45, 7) is 8.34. The molecule has 2 aromatic rings. The highest BCUT2D eigenvalue weighted by Gasteiger charge is 2.42. The Bertz CT molecular complexity index is 988. The molecule has 1 saturated carbocycles. The lowest BCUT2D eigenvalue weighted by Gasteiger charge is -2.25. The van der Waals surface area contributed by atoms with Crippen LogP contribution in [0, 0.1) is 31.6 Å². The molecule has 7 heteroatoms. The van der Waals surface area contributed by atoms with Gasteiger partial charge in [-0.3, -0.25) is 9.59 Å². The molecule has 2 unspecified atom stereocenters. The molecule has 1 aromatic carbocycles. The van der Waals surface area contributed by atoms with Crippen LogP contribution in [0.15, 0.2) is 36.7 Å². The van der Waals surface area contributed by atoms with Gasteiger partial charge in [-0.2, -0.15) is 0 Å². The van der Waals surface area contributed by atoms with E-state index in [4.69, 9.17) is 0 Å². The number of nitrogens with one attached hydrogen (secondary N) is 1. The molecule has 5 rings (SSSR count). The first-order valence-corrected chi connectivity index (χ1v) is 12.1. The topological polar surface area (TPSA) is 78.4 Å². The van der Waals surface area contributed by atoms with E-state index in [9.17, 15) is 9.59 Å². The molecule has 1 N–H and O–H groups in total. The number of aromatic nitrogens is 2. The van der Waals surface area contributed by atoms with Gasteiger partial charge in [0.2, 0.25) is 5.91 Å². The van der Waals surface area contributed by atoms with E-state index < -0.39 is 0 Å². The Morgan fingerprint density at radius 1 is 1.00 bits per heavy atom. The van der Waals surface area contributed by atoms with Gasteiger partial charge < -0.3 is 15.1 Å². The van der Waals surface area contributed by atoms with E-state index in [1.807, 2.05) is 36.9 Å². The number of rotatable bonds is 7. The van der Waals surface area contributed by atoms with Crippen LogP contribution >= 0.6 is 0 Å². The van der Waals surface area contributed by atoms with Crippen molar-refractivity contribution in [3.8, 4) is 0 Å². The number of carbonyl (C=O) groups excluding carboxylic acids is 2. The van der Waals surface area contributed by atoms with Crippen molar-refractivity contribution in [3.05, 3.63) is 59.2 Å². The minimum absolute atomic E-state index is 0.0573. The molecule has 1 aliphatic carbocycles. The number of aryl methyl sites for hydroxylation is 2. The molecule has 2 saturated heterocycles. The van der Waals surface area contributed by atoms with E-state index in [0.717, 1.165) is 63.4 Å². The lowest BCUT2D eigenvalue weighted by atomic mass is 10.0. The number of carbonyl (C=O) groups is 2. The van der Waals surface area contributed by atoms with Crippen LogP contribution in [0.2, 0.25) is 0 Å². The van der Waals surface area contributed by atoms with Crippen LogP contribution < -0.4 is 5.32 Å². The van der Waals surface area contributed by atoms with E-state index >= 15 is 0 Å². The fourth-order valence-electron chi connectivity index (χ4n) is 5.45. The third kappa shape index (κ3) is 4.78. The van der Waals surface area contributed by atoms with Gasteiger partial charge >= 0.3 is 0 Å². The first-order valence-electron chi connectivity index (χ1n) is 12.1. The number of amides is 2.